The lowest BCUT2D eigenvalue weighted by atomic mass is 10.3. The summed E-state index contributed by atoms with van der Waals surface area (Å²) in [5.74, 6) is 0.339. The Morgan fingerprint density at radius 1 is 1.44 bits per heavy atom. The van der Waals surface area contributed by atoms with Gasteiger partial charge in [-0.25, -0.2) is 4.98 Å². The number of amides is 1. The van der Waals surface area contributed by atoms with Gasteiger partial charge in [0.1, 0.15) is 0 Å². The van der Waals surface area contributed by atoms with E-state index in [-0.39, 0.29) is 18.3 Å². The zero-order valence-electron chi connectivity index (χ0n) is 8.56. The molecule has 5 nitrogen and oxygen atoms in total. The van der Waals surface area contributed by atoms with Crippen molar-refractivity contribution in [3.05, 3.63) is 24.3 Å². The van der Waals surface area contributed by atoms with Crippen LogP contribution < -0.4 is 11.1 Å². The molecular weight excluding hydrogens is 228 g/mol. The van der Waals surface area contributed by atoms with E-state index < -0.39 is 0 Å². The number of nitrogens with zero attached hydrogens (tertiary/aromatic N) is 1. The summed E-state index contributed by atoms with van der Waals surface area (Å²) < 4.78 is 0. The maximum atomic E-state index is 11.2. The van der Waals surface area contributed by atoms with Crippen LogP contribution >= 0.6 is 12.4 Å². The minimum absolute atomic E-state index is 0. The van der Waals surface area contributed by atoms with Crippen molar-refractivity contribution in [3.8, 4) is 0 Å². The Morgan fingerprint density at radius 2 is 2.19 bits per heavy atom. The zero-order chi connectivity index (χ0) is 10.7. The number of carbonyl (C=O) groups is 1. The number of fused-ring (bicyclic) bond motifs is 1. The number of anilines is 1. The van der Waals surface area contributed by atoms with Crippen LogP contribution in [0.15, 0.2) is 24.3 Å². The van der Waals surface area contributed by atoms with Crippen molar-refractivity contribution in [2.24, 2.45) is 5.73 Å². The smallest absolute Gasteiger partial charge is 0.227 e. The van der Waals surface area contributed by atoms with Crippen molar-refractivity contribution >= 4 is 35.3 Å². The molecule has 0 saturated carbocycles. The standard InChI is InChI=1S/C10H12N4O.ClH/c11-6-5-9(15)14-10-12-7-3-1-2-4-8(7)13-10;/h1-4H,5-6,11H2,(H2,12,13,14,15);1H. The van der Waals surface area contributed by atoms with Gasteiger partial charge in [0, 0.05) is 13.0 Å². The number of aromatic nitrogens is 2. The van der Waals surface area contributed by atoms with Gasteiger partial charge in [0.05, 0.1) is 11.0 Å². The van der Waals surface area contributed by atoms with E-state index in [1.165, 1.54) is 0 Å². The number of H-pyrrole nitrogens is 1. The number of imidazole rings is 1. The monoisotopic (exact) mass is 240 g/mol. The summed E-state index contributed by atoms with van der Waals surface area (Å²) in [6.45, 7) is 0.339. The maximum Gasteiger partial charge on any atom is 0.227 e. The van der Waals surface area contributed by atoms with Gasteiger partial charge in [-0.3, -0.25) is 10.1 Å². The molecule has 1 aromatic carbocycles. The highest BCUT2D eigenvalue weighted by molar-refractivity contribution is 5.91. The molecule has 0 atom stereocenters. The maximum absolute atomic E-state index is 11.2. The van der Waals surface area contributed by atoms with Crippen LogP contribution in [0.4, 0.5) is 5.95 Å². The third-order valence-corrected chi connectivity index (χ3v) is 2.02. The summed E-state index contributed by atoms with van der Waals surface area (Å²) in [5, 5.41) is 2.65. The lowest BCUT2D eigenvalue weighted by Crippen LogP contribution is -2.16. The van der Waals surface area contributed by atoms with Crippen molar-refractivity contribution in [1.82, 2.24) is 9.97 Å². The molecule has 0 aliphatic rings. The Kier molecular flexibility index (Phi) is 4.28. The first-order chi connectivity index (χ1) is 7.29. The van der Waals surface area contributed by atoms with Crippen LogP contribution in [0.3, 0.4) is 0 Å². The highest BCUT2D eigenvalue weighted by atomic mass is 35.5. The first-order valence-electron chi connectivity index (χ1n) is 4.74. The van der Waals surface area contributed by atoms with E-state index in [1.54, 1.807) is 0 Å². The third-order valence-electron chi connectivity index (χ3n) is 2.02. The van der Waals surface area contributed by atoms with E-state index in [4.69, 9.17) is 5.73 Å². The summed E-state index contributed by atoms with van der Waals surface area (Å²) in [6.07, 6.45) is 0.303. The average molecular weight is 241 g/mol. The van der Waals surface area contributed by atoms with Crippen LogP contribution in [0.5, 0.6) is 0 Å². The second-order valence-corrected chi connectivity index (χ2v) is 3.19. The summed E-state index contributed by atoms with van der Waals surface area (Å²) in [6, 6.07) is 7.59. The number of aromatic amines is 1. The topological polar surface area (TPSA) is 83.8 Å². The van der Waals surface area contributed by atoms with Gasteiger partial charge in [-0.1, -0.05) is 12.1 Å². The highest BCUT2D eigenvalue weighted by Gasteiger charge is 2.04. The number of carbonyl (C=O) groups excluding carboxylic acids is 1. The molecule has 2 aromatic rings. The number of nitrogens with one attached hydrogen (secondary N) is 2. The van der Waals surface area contributed by atoms with Gasteiger partial charge in [0.2, 0.25) is 11.9 Å². The third kappa shape index (κ3) is 2.71. The SMILES string of the molecule is Cl.NCCC(=O)Nc1nc2ccccc2[nH]1. The summed E-state index contributed by atoms with van der Waals surface area (Å²) in [7, 11) is 0. The Hall–Kier alpha value is -1.59. The number of hydrogen-bond acceptors (Lipinski definition) is 3. The van der Waals surface area contributed by atoms with Crippen molar-refractivity contribution in [2.75, 3.05) is 11.9 Å². The van der Waals surface area contributed by atoms with Crippen LogP contribution in [0.1, 0.15) is 6.42 Å². The Labute approximate surface area is 98.8 Å². The number of rotatable bonds is 3. The molecule has 86 valence electrons. The molecule has 0 bridgehead atoms. The van der Waals surface area contributed by atoms with Crippen molar-refractivity contribution in [2.45, 2.75) is 6.42 Å². The van der Waals surface area contributed by atoms with E-state index in [2.05, 4.69) is 15.3 Å². The molecule has 0 spiro atoms. The largest absolute Gasteiger partial charge is 0.330 e. The van der Waals surface area contributed by atoms with Gasteiger partial charge in [0.15, 0.2) is 0 Å². The molecule has 6 heteroatoms. The molecule has 0 fully saturated rings. The number of nitrogens with two attached hydrogens (primary N) is 1. The number of halogens is 1. The molecule has 0 radical (unpaired) electrons. The molecule has 1 heterocycles. The van der Waals surface area contributed by atoms with Gasteiger partial charge in [0.25, 0.3) is 0 Å². The predicted molar refractivity (Wildman–Crippen MR) is 65.6 cm³/mol. The number of benzene rings is 1. The van der Waals surface area contributed by atoms with Crippen LogP contribution in [-0.2, 0) is 4.79 Å². The molecule has 4 N–H and O–H groups in total. The second-order valence-electron chi connectivity index (χ2n) is 3.19. The van der Waals surface area contributed by atoms with Gasteiger partial charge < -0.3 is 10.7 Å². The molecule has 0 saturated heterocycles. The number of para-hydroxylation sites is 2. The summed E-state index contributed by atoms with van der Waals surface area (Å²) in [4.78, 5) is 18.4. The van der Waals surface area contributed by atoms with Gasteiger partial charge >= 0.3 is 0 Å². The van der Waals surface area contributed by atoms with Gasteiger partial charge in [-0.15, -0.1) is 12.4 Å². The van der Waals surface area contributed by atoms with Crippen LogP contribution in [0, 0.1) is 0 Å². The zero-order valence-corrected chi connectivity index (χ0v) is 9.38. The van der Waals surface area contributed by atoms with E-state index in [9.17, 15) is 4.79 Å². The molecule has 0 unspecified atom stereocenters. The molecule has 16 heavy (non-hydrogen) atoms. The van der Waals surface area contributed by atoms with Crippen LogP contribution in [-0.4, -0.2) is 22.4 Å². The Bertz CT molecular complexity index is 449. The Balaban J connectivity index is 0.00000128. The quantitative estimate of drug-likeness (QED) is 0.756. The highest BCUT2D eigenvalue weighted by Crippen LogP contribution is 2.13. The second kappa shape index (κ2) is 5.48. The average Bonchev–Trinajstić information content (AvgIpc) is 2.59. The van der Waals surface area contributed by atoms with Crippen LogP contribution in [0.25, 0.3) is 11.0 Å². The fourth-order valence-corrected chi connectivity index (χ4v) is 1.34. The first-order valence-corrected chi connectivity index (χ1v) is 4.74. The Morgan fingerprint density at radius 3 is 2.88 bits per heavy atom. The van der Waals surface area contributed by atoms with Crippen LogP contribution in [0.2, 0.25) is 0 Å². The fraction of sp³-hybridized carbons (Fsp3) is 0.200. The minimum Gasteiger partial charge on any atom is -0.330 e. The predicted octanol–water partition coefficient (Wildman–Crippen LogP) is 1.27. The lowest BCUT2D eigenvalue weighted by Gasteiger charge is -1.98. The fourth-order valence-electron chi connectivity index (χ4n) is 1.34. The first kappa shape index (κ1) is 12.5. The van der Waals surface area contributed by atoms with Crippen molar-refractivity contribution in [3.63, 3.8) is 0 Å². The number of hydrogen-bond donors (Lipinski definition) is 3. The molecule has 1 aromatic heterocycles. The van der Waals surface area contributed by atoms with Gasteiger partial charge in [-0.05, 0) is 12.1 Å². The van der Waals surface area contributed by atoms with E-state index in [0.717, 1.165) is 11.0 Å². The summed E-state index contributed by atoms with van der Waals surface area (Å²) in [5.41, 5.74) is 7.00. The lowest BCUT2D eigenvalue weighted by molar-refractivity contribution is -0.116. The van der Waals surface area contributed by atoms with Gasteiger partial charge in [-0.2, -0.15) is 0 Å². The minimum atomic E-state index is -0.128. The molecule has 1 amide bonds. The molecule has 0 aliphatic heterocycles. The summed E-state index contributed by atoms with van der Waals surface area (Å²) >= 11 is 0. The molecule has 2 rings (SSSR count). The van der Waals surface area contributed by atoms with E-state index >= 15 is 0 Å². The normalized spacial score (nSPS) is 9.81. The van der Waals surface area contributed by atoms with E-state index in [0.29, 0.717) is 18.9 Å². The van der Waals surface area contributed by atoms with E-state index in [1.807, 2.05) is 24.3 Å². The van der Waals surface area contributed by atoms with Crippen molar-refractivity contribution < 1.29 is 4.79 Å². The molecular formula is C10H13ClN4O. The van der Waals surface area contributed by atoms with Crippen molar-refractivity contribution in [1.29, 1.82) is 0 Å². The molecule has 0 aliphatic carbocycles.